The van der Waals surface area contributed by atoms with Crippen LogP contribution in [0, 0.1) is 5.82 Å². The lowest BCUT2D eigenvalue weighted by Crippen LogP contribution is -2.13. The van der Waals surface area contributed by atoms with Crippen LogP contribution in [0.4, 0.5) is 4.39 Å². The number of hydrogen-bond acceptors (Lipinski definition) is 2. The third-order valence-corrected chi connectivity index (χ3v) is 4.81. The molecule has 0 aliphatic heterocycles. The second-order valence-electron chi connectivity index (χ2n) is 4.88. The molecule has 1 aromatic carbocycles. The number of rotatable bonds is 5. The van der Waals surface area contributed by atoms with Gasteiger partial charge in [0.1, 0.15) is 11.6 Å². The van der Waals surface area contributed by atoms with Crippen LogP contribution in [0.15, 0.2) is 24.3 Å². The summed E-state index contributed by atoms with van der Waals surface area (Å²) < 4.78 is 13.4. The number of ketones is 1. The third-order valence-electron chi connectivity index (χ3n) is 3.38. The molecule has 0 saturated heterocycles. The van der Waals surface area contributed by atoms with Gasteiger partial charge in [-0.2, -0.15) is 11.8 Å². The van der Waals surface area contributed by atoms with Crippen molar-refractivity contribution in [2.24, 2.45) is 0 Å². The van der Waals surface area contributed by atoms with Gasteiger partial charge < -0.3 is 0 Å². The maximum atomic E-state index is 13.4. The zero-order chi connectivity index (χ0) is 12.8. The fraction of sp³-hybridized carbons (Fsp3) is 0.533. The van der Waals surface area contributed by atoms with Crippen LogP contribution in [0.25, 0.3) is 0 Å². The minimum absolute atomic E-state index is 0.135. The lowest BCUT2D eigenvalue weighted by molar-refractivity contribution is -0.116. The Morgan fingerprint density at radius 3 is 2.67 bits per heavy atom. The van der Waals surface area contributed by atoms with Gasteiger partial charge in [-0.25, -0.2) is 4.39 Å². The average Bonchev–Trinajstić information content (AvgIpc) is 2.40. The smallest absolute Gasteiger partial charge is 0.147 e. The Morgan fingerprint density at radius 2 is 1.94 bits per heavy atom. The van der Waals surface area contributed by atoms with E-state index in [1.165, 1.54) is 38.2 Å². The Kier molecular flexibility index (Phi) is 5.24. The van der Waals surface area contributed by atoms with Crippen LogP contribution < -0.4 is 0 Å². The highest BCUT2D eigenvalue weighted by molar-refractivity contribution is 8.00. The minimum atomic E-state index is -0.270. The zero-order valence-corrected chi connectivity index (χ0v) is 11.3. The molecule has 3 heteroatoms. The summed E-state index contributed by atoms with van der Waals surface area (Å²) in [7, 11) is 0. The van der Waals surface area contributed by atoms with Gasteiger partial charge in [0, 0.05) is 11.7 Å². The van der Waals surface area contributed by atoms with E-state index in [0.717, 1.165) is 0 Å². The van der Waals surface area contributed by atoms with Crippen molar-refractivity contribution in [2.75, 3.05) is 5.75 Å². The predicted octanol–water partition coefficient (Wildman–Crippen LogP) is 4.00. The molecule has 1 aliphatic rings. The SMILES string of the molecule is O=C(CSC1CCCCC1)Cc1ccccc1F. The molecule has 0 amide bonds. The first kappa shape index (κ1) is 13.6. The van der Waals surface area contributed by atoms with Crippen LogP contribution >= 0.6 is 11.8 Å². The maximum Gasteiger partial charge on any atom is 0.147 e. The van der Waals surface area contributed by atoms with Gasteiger partial charge in [0.15, 0.2) is 0 Å². The summed E-state index contributed by atoms with van der Waals surface area (Å²) in [6.45, 7) is 0. The number of carbonyl (C=O) groups is 1. The summed E-state index contributed by atoms with van der Waals surface area (Å²) in [6, 6.07) is 6.54. The molecule has 1 nitrogen and oxygen atoms in total. The van der Waals surface area contributed by atoms with E-state index in [-0.39, 0.29) is 18.0 Å². The van der Waals surface area contributed by atoms with Crippen LogP contribution in [-0.4, -0.2) is 16.8 Å². The Hall–Kier alpha value is -0.830. The Balaban J connectivity index is 1.76. The van der Waals surface area contributed by atoms with Gasteiger partial charge in [-0.05, 0) is 24.5 Å². The number of halogens is 1. The summed E-state index contributed by atoms with van der Waals surface area (Å²) >= 11 is 1.76. The van der Waals surface area contributed by atoms with Crippen LogP contribution in [0.2, 0.25) is 0 Å². The summed E-state index contributed by atoms with van der Waals surface area (Å²) in [5.74, 6) is 0.392. The van der Waals surface area contributed by atoms with Crippen LogP contribution in [0.5, 0.6) is 0 Å². The van der Waals surface area contributed by atoms with Crippen molar-refractivity contribution in [3.63, 3.8) is 0 Å². The summed E-state index contributed by atoms with van der Waals surface area (Å²) in [6.07, 6.45) is 6.61. The van der Waals surface area contributed by atoms with Crippen molar-refractivity contribution in [3.05, 3.63) is 35.6 Å². The maximum absolute atomic E-state index is 13.4. The van der Waals surface area contributed by atoms with Crippen molar-refractivity contribution in [2.45, 2.75) is 43.8 Å². The largest absolute Gasteiger partial charge is 0.298 e. The number of thioether (sulfide) groups is 1. The molecule has 0 bridgehead atoms. The van der Waals surface area contributed by atoms with Gasteiger partial charge in [-0.3, -0.25) is 4.79 Å². The van der Waals surface area contributed by atoms with Crippen molar-refractivity contribution in [3.8, 4) is 0 Å². The lowest BCUT2D eigenvalue weighted by Gasteiger charge is -2.20. The van der Waals surface area contributed by atoms with Crippen molar-refractivity contribution in [1.82, 2.24) is 0 Å². The molecular formula is C15H19FOS. The van der Waals surface area contributed by atoms with Gasteiger partial charge in [-0.1, -0.05) is 37.5 Å². The number of benzene rings is 1. The van der Waals surface area contributed by atoms with E-state index in [4.69, 9.17) is 0 Å². The standard InChI is InChI=1S/C15H19FOS/c16-15-9-5-4-6-12(15)10-13(17)11-18-14-7-2-1-3-8-14/h4-6,9,14H,1-3,7-8,10-11H2. The molecule has 0 unspecified atom stereocenters. The van der Waals surface area contributed by atoms with E-state index in [1.807, 2.05) is 0 Å². The first-order valence-corrected chi connectivity index (χ1v) is 7.67. The summed E-state index contributed by atoms with van der Waals surface area (Å²) in [5.41, 5.74) is 0.520. The van der Waals surface area contributed by atoms with Gasteiger partial charge >= 0.3 is 0 Å². The number of carbonyl (C=O) groups excluding carboxylic acids is 1. The Labute approximate surface area is 112 Å². The van der Waals surface area contributed by atoms with Gasteiger partial charge in [0.25, 0.3) is 0 Å². The fourth-order valence-electron chi connectivity index (χ4n) is 2.35. The van der Waals surface area contributed by atoms with Crippen LogP contribution in [0.3, 0.4) is 0 Å². The van der Waals surface area contributed by atoms with Crippen molar-refractivity contribution < 1.29 is 9.18 Å². The molecule has 0 atom stereocenters. The summed E-state index contributed by atoms with van der Waals surface area (Å²) in [4.78, 5) is 11.8. The van der Waals surface area contributed by atoms with Gasteiger partial charge in [0.05, 0.1) is 5.75 Å². The average molecular weight is 266 g/mol. The highest BCUT2D eigenvalue weighted by Crippen LogP contribution is 2.28. The molecule has 1 fully saturated rings. The third kappa shape index (κ3) is 4.13. The molecule has 0 heterocycles. The van der Waals surface area contributed by atoms with Crippen LogP contribution in [0.1, 0.15) is 37.7 Å². The highest BCUT2D eigenvalue weighted by Gasteiger charge is 2.15. The predicted molar refractivity (Wildman–Crippen MR) is 74.4 cm³/mol. The van der Waals surface area contributed by atoms with E-state index >= 15 is 0 Å². The molecule has 0 spiro atoms. The minimum Gasteiger partial charge on any atom is -0.298 e. The molecule has 1 aliphatic carbocycles. The second-order valence-corrected chi connectivity index (χ2v) is 6.17. The first-order chi connectivity index (χ1) is 8.75. The van der Waals surface area contributed by atoms with Gasteiger partial charge in [0.2, 0.25) is 0 Å². The fourth-order valence-corrected chi connectivity index (χ4v) is 3.54. The molecule has 98 valence electrons. The zero-order valence-electron chi connectivity index (χ0n) is 10.5. The first-order valence-electron chi connectivity index (χ1n) is 6.62. The number of hydrogen-bond donors (Lipinski definition) is 0. The highest BCUT2D eigenvalue weighted by atomic mass is 32.2. The summed E-state index contributed by atoms with van der Waals surface area (Å²) in [5, 5.41) is 0.642. The van der Waals surface area contributed by atoms with Gasteiger partial charge in [-0.15, -0.1) is 0 Å². The molecule has 18 heavy (non-hydrogen) atoms. The molecular weight excluding hydrogens is 247 g/mol. The van der Waals surface area contributed by atoms with E-state index < -0.39 is 0 Å². The number of Topliss-reactive ketones (excluding diaryl/α,β-unsaturated/α-hetero) is 1. The molecule has 0 radical (unpaired) electrons. The van der Waals surface area contributed by atoms with Crippen LogP contribution in [-0.2, 0) is 11.2 Å². The lowest BCUT2D eigenvalue weighted by atomic mass is 10.0. The van der Waals surface area contributed by atoms with Crippen molar-refractivity contribution >= 4 is 17.5 Å². The normalized spacial score (nSPS) is 16.7. The van der Waals surface area contributed by atoms with E-state index in [2.05, 4.69) is 0 Å². The second kappa shape index (κ2) is 6.93. The topological polar surface area (TPSA) is 17.1 Å². The van der Waals surface area contributed by atoms with E-state index in [0.29, 0.717) is 16.6 Å². The van der Waals surface area contributed by atoms with Crippen molar-refractivity contribution in [1.29, 1.82) is 0 Å². The van der Waals surface area contributed by atoms with E-state index in [1.54, 1.807) is 30.0 Å². The molecule has 1 aromatic rings. The monoisotopic (exact) mass is 266 g/mol. The molecule has 0 N–H and O–H groups in total. The molecule has 2 rings (SSSR count). The van der Waals surface area contributed by atoms with E-state index in [9.17, 15) is 9.18 Å². The Morgan fingerprint density at radius 1 is 1.22 bits per heavy atom. The quantitative estimate of drug-likeness (QED) is 0.801. The Bertz CT molecular complexity index is 399. The molecule has 0 aromatic heterocycles. The molecule has 1 saturated carbocycles.